The molecule has 2 aliphatic rings. The number of fused-ring (bicyclic) bond motifs is 2. The van der Waals surface area contributed by atoms with Crippen LogP contribution in [0.1, 0.15) is 6.42 Å². The van der Waals surface area contributed by atoms with E-state index in [0.717, 1.165) is 6.42 Å². The van der Waals surface area contributed by atoms with Crippen molar-refractivity contribution in [3.05, 3.63) is 12.2 Å². The highest BCUT2D eigenvalue weighted by Crippen LogP contribution is 2.48. The third-order valence-electron chi connectivity index (χ3n) is 3.29. The van der Waals surface area contributed by atoms with E-state index in [2.05, 4.69) is 5.32 Å². The van der Waals surface area contributed by atoms with Crippen molar-refractivity contribution in [3.63, 3.8) is 0 Å². The van der Waals surface area contributed by atoms with Crippen molar-refractivity contribution in [2.75, 3.05) is 7.05 Å². The van der Waals surface area contributed by atoms with Crippen LogP contribution in [0.3, 0.4) is 0 Å². The van der Waals surface area contributed by atoms with Crippen LogP contribution in [-0.2, 0) is 9.59 Å². The van der Waals surface area contributed by atoms with Crippen molar-refractivity contribution >= 4 is 11.9 Å². The van der Waals surface area contributed by atoms with Crippen molar-refractivity contribution < 1.29 is 14.7 Å². The number of rotatable bonds is 2. The van der Waals surface area contributed by atoms with Gasteiger partial charge in [-0.05, 0) is 18.3 Å². The fourth-order valence-electron chi connectivity index (χ4n) is 2.68. The highest BCUT2D eigenvalue weighted by Gasteiger charge is 2.51. The first-order valence-electron chi connectivity index (χ1n) is 4.78. The molecule has 0 aromatic carbocycles. The van der Waals surface area contributed by atoms with Crippen LogP contribution < -0.4 is 5.32 Å². The molecule has 0 saturated heterocycles. The Morgan fingerprint density at radius 2 is 1.86 bits per heavy atom. The molecule has 1 amide bonds. The summed E-state index contributed by atoms with van der Waals surface area (Å²) in [6.07, 6.45) is 4.72. The highest BCUT2D eigenvalue weighted by atomic mass is 16.4. The predicted octanol–water partition coefficient (Wildman–Crippen LogP) is 0.255. The van der Waals surface area contributed by atoms with Gasteiger partial charge in [0.1, 0.15) is 0 Å². The summed E-state index contributed by atoms with van der Waals surface area (Å²) in [5, 5.41) is 11.6. The lowest BCUT2D eigenvalue weighted by Crippen LogP contribution is -2.38. The molecule has 2 bridgehead atoms. The van der Waals surface area contributed by atoms with Gasteiger partial charge in [-0.2, -0.15) is 0 Å². The average molecular weight is 195 g/mol. The standard InChI is InChI=1S/C10H13NO3/c1-11-9(12)7-5-2-3-6(4-5)8(7)10(13)14/h2-3,5-8H,4H2,1H3,(H,11,12)(H,13,14)/t5-,6?,7?,8?/m0/s1. The van der Waals surface area contributed by atoms with E-state index in [-0.39, 0.29) is 23.7 Å². The summed E-state index contributed by atoms with van der Waals surface area (Å²) in [7, 11) is 1.55. The van der Waals surface area contributed by atoms with Crippen molar-refractivity contribution in [2.24, 2.45) is 23.7 Å². The van der Waals surface area contributed by atoms with Gasteiger partial charge < -0.3 is 10.4 Å². The molecule has 3 unspecified atom stereocenters. The zero-order valence-corrected chi connectivity index (χ0v) is 7.93. The van der Waals surface area contributed by atoms with Gasteiger partial charge in [0.15, 0.2) is 0 Å². The quantitative estimate of drug-likeness (QED) is 0.621. The molecule has 76 valence electrons. The van der Waals surface area contributed by atoms with Gasteiger partial charge in [0.2, 0.25) is 5.91 Å². The normalized spacial score (nSPS) is 38.6. The Kier molecular flexibility index (Phi) is 2.06. The lowest BCUT2D eigenvalue weighted by Gasteiger charge is -2.22. The molecule has 4 atom stereocenters. The number of allylic oxidation sites excluding steroid dienone is 2. The zero-order chi connectivity index (χ0) is 10.3. The first-order valence-corrected chi connectivity index (χ1v) is 4.78. The van der Waals surface area contributed by atoms with Gasteiger partial charge in [-0.1, -0.05) is 12.2 Å². The second kappa shape index (κ2) is 3.12. The Morgan fingerprint density at radius 3 is 2.36 bits per heavy atom. The minimum Gasteiger partial charge on any atom is -0.481 e. The Balaban J connectivity index is 2.26. The Labute approximate surface area is 82.0 Å². The number of hydrogen-bond acceptors (Lipinski definition) is 2. The van der Waals surface area contributed by atoms with Crippen LogP contribution in [-0.4, -0.2) is 24.0 Å². The second-order valence-electron chi connectivity index (χ2n) is 3.95. The predicted molar refractivity (Wildman–Crippen MR) is 49.4 cm³/mol. The largest absolute Gasteiger partial charge is 0.481 e. The molecule has 2 rings (SSSR count). The smallest absolute Gasteiger partial charge is 0.307 e. The molecule has 2 aliphatic carbocycles. The van der Waals surface area contributed by atoms with Crippen LogP contribution in [0.15, 0.2) is 12.2 Å². The van der Waals surface area contributed by atoms with Crippen LogP contribution in [0, 0.1) is 23.7 Å². The van der Waals surface area contributed by atoms with E-state index in [1.807, 2.05) is 12.2 Å². The maximum Gasteiger partial charge on any atom is 0.307 e. The van der Waals surface area contributed by atoms with Crippen molar-refractivity contribution in [2.45, 2.75) is 6.42 Å². The molecule has 0 heterocycles. The summed E-state index contributed by atoms with van der Waals surface area (Å²) in [5.74, 6) is -1.71. The SMILES string of the molecule is CNC(=O)C1C(C(=O)O)C2C=C[C@H]1C2. The fraction of sp³-hybridized carbons (Fsp3) is 0.600. The molecular weight excluding hydrogens is 182 g/mol. The first kappa shape index (κ1) is 9.24. The molecule has 0 aromatic rings. The van der Waals surface area contributed by atoms with E-state index < -0.39 is 11.9 Å². The number of aliphatic carboxylic acids is 1. The number of carboxylic acids is 1. The number of amides is 1. The van der Waals surface area contributed by atoms with Gasteiger partial charge >= 0.3 is 5.97 Å². The summed E-state index contributed by atoms with van der Waals surface area (Å²) in [6.45, 7) is 0. The summed E-state index contributed by atoms with van der Waals surface area (Å²) >= 11 is 0. The molecular formula is C10H13NO3. The Bertz CT molecular complexity index is 310. The van der Waals surface area contributed by atoms with E-state index in [1.54, 1.807) is 7.05 Å². The van der Waals surface area contributed by atoms with Gasteiger partial charge in [0.05, 0.1) is 11.8 Å². The minimum absolute atomic E-state index is 0.0554. The van der Waals surface area contributed by atoms with Gasteiger partial charge in [0, 0.05) is 7.05 Å². The highest BCUT2D eigenvalue weighted by molar-refractivity contribution is 5.86. The number of hydrogen-bond donors (Lipinski definition) is 2. The molecule has 0 radical (unpaired) electrons. The lowest BCUT2D eigenvalue weighted by molar-refractivity contribution is -0.147. The molecule has 2 N–H and O–H groups in total. The van der Waals surface area contributed by atoms with Gasteiger partial charge in [-0.25, -0.2) is 0 Å². The van der Waals surface area contributed by atoms with Crippen LogP contribution in [0.4, 0.5) is 0 Å². The third kappa shape index (κ3) is 1.14. The van der Waals surface area contributed by atoms with Crippen LogP contribution in [0.25, 0.3) is 0 Å². The first-order chi connectivity index (χ1) is 6.65. The summed E-state index contributed by atoms with van der Waals surface area (Å²) < 4.78 is 0. The minimum atomic E-state index is -0.851. The van der Waals surface area contributed by atoms with Gasteiger partial charge in [0.25, 0.3) is 0 Å². The zero-order valence-electron chi connectivity index (χ0n) is 7.93. The van der Waals surface area contributed by atoms with E-state index in [4.69, 9.17) is 5.11 Å². The van der Waals surface area contributed by atoms with Gasteiger partial charge in [-0.15, -0.1) is 0 Å². The van der Waals surface area contributed by atoms with E-state index in [0.29, 0.717) is 0 Å². The molecule has 4 heteroatoms. The topological polar surface area (TPSA) is 66.4 Å². The van der Waals surface area contributed by atoms with E-state index >= 15 is 0 Å². The Hall–Kier alpha value is -1.32. The van der Waals surface area contributed by atoms with Crippen molar-refractivity contribution in [1.29, 1.82) is 0 Å². The monoisotopic (exact) mass is 195 g/mol. The summed E-state index contributed by atoms with van der Waals surface area (Å²) in [5.41, 5.74) is 0. The lowest BCUT2D eigenvalue weighted by atomic mass is 9.82. The third-order valence-corrected chi connectivity index (χ3v) is 3.29. The van der Waals surface area contributed by atoms with Crippen molar-refractivity contribution in [3.8, 4) is 0 Å². The van der Waals surface area contributed by atoms with E-state index in [1.165, 1.54) is 0 Å². The number of carbonyl (C=O) groups excluding carboxylic acids is 1. The molecule has 0 aliphatic heterocycles. The van der Waals surface area contributed by atoms with Gasteiger partial charge in [-0.3, -0.25) is 9.59 Å². The molecule has 14 heavy (non-hydrogen) atoms. The summed E-state index contributed by atoms with van der Waals surface area (Å²) in [6, 6.07) is 0. The Morgan fingerprint density at radius 1 is 1.29 bits per heavy atom. The maximum absolute atomic E-state index is 11.5. The molecule has 4 nitrogen and oxygen atoms in total. The number of carboxylic acid groups (broad SMARTS) is 1. The summed E-state index contributed by atoms with van der Waals surface area (Å²) in [4.78, 5) is 22.5. The fourth-order valence-corrected chi connectivity index (χ4v) is 2.68. The average Bonchev–Trinajstić information content (AvgIpc) is 2.74. The molecule has 1 saturated carbocycles. The van der Waals surface area contributed by atoms with Crippen LogP contribution >= 0.6 is 0 Å². The van der Waals surface area contributed by atoms with Crippen LogP contribution in [0.2, 0.25) is 0 Å². The number of carbonyl (C=O) groups is 2. The van der Waals surface area contributed by atoms with Crippen LogP contribution in [0.5, 0.6) is 0 Å². The maximum atomic E-state index is 11.5. The molecule has 1 fully saturated rings. The van der Waals surface area contributed by atoms with E-state index in [9.17, 15) is 9.59 Å². The second-order valence-corrected chi connectivity index (χ2v) is 3.95. The molecule has 0 aromatic heterocycles. The van der Waals surface area contributed by atoms with Crippen molar-refractivity contribution in [1.82, 2.24) is 5.32 Å². The number of nitrogens with one attached hydrogen (secondary N) is 1. The molecule has 0 spiro atoms.